The molecule has 4 heteroatoms. The van der Waals surface area contributed by atoms with Crippen LogP contribution in [-0.2, 0) is 0 Å². The lowest BCUT2D eigenvalue weighted by Crippen LogP contribution is -2.31. The molecule has 0 unspecified atom stereocenters. The third-order valence-corrected chi connectivity index (χ3v) is 3.52. The Hall–Kier alpha value is -1.03. The van der Waals surface area contributed by atoms with E-state index in [1.165, 1.54) is 12.1 Å². The lowest BCUT2D eigenvalue weighted by molar-refractivity contribution is 0.500. The summed E-state index contributed by atoms with van der Waals surface area (Å²) in [7, 11) is 0. The first-order valence-corrected chi connectivity index (χ1v) is 6.13. The molecule has 0 bridgehead atoms. The van der Waals surface area contributed by atoms with Crippen molar-refractivity contribution in [3.63, 3.8) is 0 Å². The van der Waals surface area contributed by atoms with Crippen molar-refractivity contribution in [1.82, 2.24) is 0 Å². The van der Waals surface area contributed by atoms with Gasteiger partial charge in [-0.2, -0.15) is 0 Å². The molecule has 1 rings (SSSR count). The van der Waals surface area contributed by atoms with Gasteiger partial charge in [-0.25, -0.2) is 4.39 Å². The van der Waals surface area contributed by atoms with Crippen molar-refractivity contribution in [3.05, 3.63) is 30.1 Å². The molecule has 0 atom stereocenters. The number of halogens is 1. The number of rotatable bonds is 5. The number of thioether (sulfide) groups is 1. The minimum absolute atomic E-state index is 0.201. The van der Waals surface area contributed by atoms with Crippen LogP contribution in [0, 0.1) is 16.6 Å². The van der Waals surface area contributed by atoms with Gasteiger partial charge in [0.2, 0.25) is 0 Å². The molecule has 0 saturated carbocycles. The molecule has 3 N–H and O–H groups in total. The zero-order valence-electron chi connectivity index (χ0n) is 9.59. The van der Waals surface area contributed by atoms with Crippen LogP contribution in [0.1, 0.15) is 20.3 Å². The number of nitrogens with one attached hydrogen (secondary N) is 1. The summed E-state index contributed by atoms with van der Waals surface area (Å²) in [5.41, 5.74) is 5.21. The normalized spacial score (nSPS) is 11.4. The first-order chi connectivity index (χ1) is 7.42. The van der Waals surface area contributed by atoms with Crippen LogP contribution in [0.2, 0.25) is 0 Å². The van der Waals surface area contributed by atoms with E-state index in [0.29, 0.717) is 0 Å². The van der Waals surface area contributed by atoms with Crippen molar-refractivity contribution in [2.75, 3.05) is 5.75 Å². The molecule has 0 saturated heterocycles. The Morgan fingerprint density at radius 1 is 1.50 bits per heavy atom. The minimum Gasteiger partial charge on any atom is -0.387 e. The lowest BCUT2D eigenvalue weighted by Gasteiger charge is -2.22. The van der Waals surface area contributed by atoms with Crippen LogP contribution in [0.4, 0.5) is 4.39 Å². The molecule has 2 nitrogen and oxygen atoms in total. The highest BCUT2D eigenvalue weighted by Crippen LogP contribution is 2.26. The monoisotopic (exact) mass is 240 g/mol. The van der Waals surface area contributed by atoms with Gasteiger partial charge in [-0.05, 0) is 30.4 Å². The van der Waals surface area contributed by atoms with Gasteiger partial charge in [0.25, 0.3) is 0 Å². The Kier molecular flexibility index (Phi) is 4.35. The van der Waals surface area contributed by atoms with Gasteiger partial charge in [0.1, 0.15) is 5.82 Å². The van der Waals surface area contributed by atoms with E-state index in [0.717, 1.165) is 17.1 Å². The first kappa shape index (κ1) is 13.0. The Bertz CT molecular complexity index is 377. The van der Waals surface area contributed by atoms with E-state index in [1.807, 2.05) is 19.9 Å². The van der Waals surface area contributed by atoms with Crippen LogP contribution in [0.3, 0.4) is 0 Å². The number of hydrogen-bond donors (Lipinski definition) is 2. The van der Waals surface area contributed by atoms with E-state index >= 15 is 0 Å². The molecular weight excluding hydrogens is 223 g/mol. The van der Waals surface area contributed by atoms with Gasteiger partial charge in [-0.15, -0.1) is 11.8 Å². The number of benzene rings is 1. The molecule has 0 aliphatic heterocycles. The van der Waals surface area contributed by atoms with Gasteiger partial charge >= 0.3 is 0 Å². The first-order valence-electron chi connectivity index (χ1n) is 5.15. The van der Waals surface area contributed by atoms with Gasteiger partial charge in [0, 0.05) is 10.3 Å². The maximum atomic E-state index is 12.9. The van der Waals surface area contributed by atoms with Gasteiger partial charge in [-0.3, -0.25) is 5.41 Å². The van der Waals surface area contributed by atoms with Gasteiger partial charge in [0.05, 0.1) is 5.84 Å². The molecule has 1 aromatic rings. The van der Waals surface area contributed by atoms with Crippen molar-refractivity contribution in [3.8, 4) is 0 Å². The standard InChI is InChI=1S/C12H17FN2S/c1-12(2,11(14)15)6-7-16-10-5-3-4-9(13)8-10/h3-5,8H,6-7H2,1-2H3,(H3,14,15). The highest BCUT2D eigenvalue weighted by molar-refractivity contribution is 7.99. The average Bonchev–Trinajstić information content (AvgIpc) is 2.17. The van der Waals surface area contributed by atoms with Crippen LogP contribution in [0.15, 0.2) is 29.2 Å². The molecule has 0 radical (unpaired) electrons. The maximum Gasteiger partial charge on any atom is 0.124 e. The second-order valence-electron chi connectivity index (χ2n) is 4.35. The predicted octanol–water partition coefficient (Wildman–Crippen LogP) is 3.27. The van der Waals surface area contributed by atoms with Gasteiger partial charge in [0.15, 0.2) is 0 Å². The second-order valence-corrected chi connectivity index (χ2v) is 5.52. The lowest BCUT2D eigenvalue weighted by atomic mass is 9.89. The third kappa shape index (κ3) is 3.85. The minimum atomic E-state index is -0.277. The van der Waals surface area contributed by atoms with Crippen molar-refractivity contribution in [1.29, 1.82) is 5.41 Å². The fraction of sp³-hybridized carbons (Fsp3) is 0.417. The van der Waals surface area contributed by atoms with E-state index in [-0.39, 0.29) is 17.1 Å². The van der Waals surface area contributed by atoms with E-state index in [9.17, 15) is 4.39 Å². The topological polar surface area (TPSA) is 49.9 Å². The molecule has 88 valence electrons. The zero-order chi connectivity index (χ0) is 12.2. The van der Waals surface area contributed by atoms with E-state index in [2.05, 4.69) is 0 Å². The van der Waals surface area contributed by atoms with Gasteiger partial charge in [-0.1, -0.05) is 19.9 Å². The van der Waals surface area contributed by atoms with Crippen LogP contribution in [0.5, 0.6) is 0 Å². The van der Waals surface area contributed by atoms with Crippen molar-refractivity contribution < 1.29 is 4.39 Å². The molecule has 0 aromatic heterocycles. The summed E-state index contributed by atoms with van der Waals surface area (Å²) in [5, 5.41) is 7.42. The molecule has 0 aliphatic carbocycles. The fourth-order valence-corrected chi connectivity index (χ4v) is 2.33. The average molecular weight is 240 g/mol. The second kappa shape index (κ2) is 5.34. The third-order valence-electron chi connectivity index (χ3n) is 2.52. The fourth-order valence-electron chi connectivity index (χ4n) is 1.12. The molecule has 1 aromatic carbocycles. The van der Waals surface area contributed by atoms with Crippen LogP contribution < -0.4 is 5.73 Å². The Labute approximate surface area is 99.9 Å². The molecule has 0 spiro atoms. The molecule has 0 amide bonds. The molecular formula is C12H17FN2S. The SMILES string of the molecule is CC(C)(CCSc1cccc(F)c1)C(=N)N. The molecule has 0 fully saturated rings. The summed E-state index contributed by atoms with van der Waals surface area (Å²) in [5.74, 6) is 0.818. The highest BCUT2D eigenvalue weighted by atomic mass is 32.2. The van der Waals surface area contributed by atoms with E-state index in [4.69, 9.17) is 11.1 Å². The highest BCUT2D eigenvalue weighted by Gasteiger charge is 2.20. The summed E-state index contributed by atoms with van der Waals surface area (Å²) < 4.78 is 12.9. The van der Waals surface area contributed by atoms with Crippen LogP contribution >= 0.6 is 11.8 Å². The van der Waals surface area contributed by atoms with E-state index in [1.54, 1.807) is 17.8 Å². The zero-order valence-corrected chi connectivity index (χ0v) is 10.4. The molecule has 0 aliphatic rings. The van der Waals surface area contributed by atoms with Crippen molar-refractivity contribution in [2.45, 2.75) is 25.2 Å². The number of amidine groups is 1. The predicted molar refractivity (Wildman–Crippen MR) is 67.4 cm³/mol. The number of hydrogen-bond acceptors (Lipinski definition) is 2. The summed E-state index contributed by atoms with van der Waals surface area (Å²) >= 11 is 1.59. The Balaban J connectivity index is 2.45. The quantitative estimate of drug-likeness (QED) is 0.471. The Morgan fingerprint density at radius 2 is 2.19 bits per heavy atom. The molecule has 16 heavy (non-hydrogen) atoms. The van der Waals surface area contributed by atoms with Gasteiger partial charge < -0.3 is 5.73 Å². The maximum absolute atomic E-state index is 12.9. The summed E-state index contributed by atoms with van der Waals surface area (Å²) in [4.78, 5) is 0.916. The number of nitrogens with two attached hydrogens (primary N) is 1. The van der Waals surface area contributed by atoms with Crippen LogP contribution in [-0.4, -0.2) is 11.6 Å². The summed E-state index contributed by atoms with van der Waals surface area (Å²) in [6.45, 7) is 3.89. The van der Waals surface area contributed by atoms with E-state index < -0.39 is 0 Å². The van der Waals surface area contributed by atoms with Crippen LogP contribution in [0.25, 0.3) is 0 Å². The molecule has 0 heterocycles. The summed E-state index contributed by atoms with van der Waals surface area (Å²) in [6, 6.07) is 6.54. The smallest absolute Gasteiger partial charge is 0.124 e. The van der Waals surface area contributed by atoms with Crippen molar-refractivity contribution in [2.24, 2.45) is 11.1 Å². The summed E-state index contributed by atoms with van der Waals surface area (Å²) in [6.07, 6.45) is 0.809. The Morgan fingerprint density at radius 3 is 2.75 bits per heavy atom. The van der Waals surface area contributed by atoms with Crippen molar-refractivity contribution >= 4 is 17.6 Å². The largest absolute Gasteiger partial charge is 0.387 e.